The minimum atomic E-state index is -0.0223. The normalized spacial score (nSPS) is 16.5. The highest BCUT2D eigenvalue weighted by Gasteiger charge is 2.42. The molecule has 1 aromatic heterocycles. The summed E-state index contributed by atoms with van der Waals surface area (Å²) in [5, 5.41) is 0. The second kappa shape index (κ2) is 7.05. The SMILES string of the molecule is Cc1cc2c(cc1-c1cc(CC(C)(C)C)cc[n+]1C)C(C)(C)c1ccccc1C2(C)C. The zero-order chi connectivity index (χ0) is 22.8. The minimum absolute atomic E-state index is 0.000999. The van der Waals surface area contributed by atoms with Crippen molar-refractivity contribution in [1.29, 1.82) is 0 Å². The number of pyridine rings is 1. The maximum Gasteiger partial charge on any atom is 0.212 e. The molecule has 0 radical (unpaired) electrons. The molecule has 0 atom stereocenters. The standard InChI is InChI=1S/C30H38N/c1-20-16-25-26(30(7,8)24-13-11-10-12-23(24)29(25,5)6)18-22(20)27-17-21(14-15-31(27)9)19-28(2,3)4/h10-18H,19H2,1-9H3/q+1. The van der Waals surface area contributed by atoms with Gasteiger partial charge in [0.25, 0.3) is 0 Å². The van der Waals surface area contributed by atoms with E-state index in [4.69, 9.17) is 0 Å². The van der Waals surface area contributed by atoms with Crippen LogP contribution in [0.5, 0.6) is 0 Å². The molecule has 0 saturated heterocycles. The lowest BCUT2D eigenvalue weighted by Gasteiger charge is -2.44. The zero-order valence-electron chi connectivity index (χ0n) is 20.9. The van der Waals surface area contributed by atoms with E-state index in [0.717, 1.165) is 6.42 Å². The highest BCUT2D eigenvalue weighted by atomic mass is 14.9. The molecule has 162 valence electrons. The third-order valence-electron chi connectivity index (χ3n) is 7.21. The van der Waals surface area contributed by atoms with Gasteiger partial charge in [0.05, 0.1) is 0 Å². The van der Waals surface area contributed by atoms with Gasteiger partial charge < -0.3 is 0 Å². The number of fused-ring (bicyclic) bond motifs is 2. The van der Waals surface area contributed by atoms with Crippen LogP contribution in [0, 0.1) is 12.3 Å². The first-order valence-corrected chi connectivity index (χ1v) is 11.6. The Bertz CT molecular complexity index is 1160. The fourth-order valence-corrected chi connectivity index (χ4v) is 5.48. The van der Waals surface area contributed by atoms with Crippen molar-refractivity contribution >= 4 is 0 Å². The van der Waals surface area contributed by atoms with E-state index in [1.807, 2.05) is 0 Å². The second-order valence-electron chi connectivity index (χ2n) is 11.8. The molecule has 0 unspecified atom stereocenters. The van der Waals surface area contributed by atoms with E-state index in [0.29, 0.717) is 0 Å². The van der Waals surface area contributed by atoms with Crippen molar-refractivity contribution in [3.63, 3.8) is 0 Å². The van der Waals surface area contributed by atoms with Crippen molar-refractivity contribution in [2.75, 3.05) is 0 Å². The topological polar surface area (TPSA) is 3.88 Å². The molecular formula is C30H38N+. The molecule has 0 saturated carbocycles. The van der Waals surface area contributed by atoms with Crippen molar-refractivity contribution in [1.82, 2.24) is 0 Å². The quantitative estimate of drug-likeness (QED) is 0.397. The summed E-state index contributed by atoms with van der Waals surface area (Å²) in [7, 11) is 2.17. The van der Waals surface area contributed by atoms with Crippen LogP contribution in [-0.4, -0.2) is 0 Å². The number of benzene rings is 2. The molecule has 1 nitrogen and oxygen atoms in total. The lowest BCUT2D eigenvalue weighted by atomic mass is 9.59. The summed E-state index contributed by atoms with van der Waals surface area (Å²) < 4.78 is 2.27. The Kier molecular flexibility index (Phi) is 4.96. The maximum atomic E-state index is 2.48. The fourth-order valence-electron chi connectivity index (χ4n) is 5.48. The molecule has 0 spiro atoms. The highest BCUT2D eigenvalue weighted by molar-refractivity contribution is 5.69. The fraction of sp³-hybridized carbons (Fsp3) is 0.433. The van der Waals surface area contributed by atoms with Crippen LogP contribution in [0.15, 0.2) is 54.7 Å². The van der Waals surface area contributed by atoms with Crippen LogP contribution in [0.3, 0.4) is 0 Å². The lowest BCUT2D eigenvalue weighted by Crippen LogP contribution is -2.37. The highest BCUT2D eigenvalue weighted by Crippen LogP contribution is 2.50. The number of aromatic nitrogens is 1. The number of hydrogen-bond donors (Lipinski definition) is 0. The van der Waals surface area contributed by atoms with Crippen LogP contribution < -0.4 is 4.57 Å². The lowest BCUT2D eigenvalue weighted by molar-refractivity contribution is -0.660. The van der Waals surface area contributed by atoms with E-state index in [2.05, 4.69) is 122 Å². The van der Waals surface area contributed by atoms with Crippen LogP contribution >= 0.6 is 0 Å². The Morgan fingerprint density at radius 2 is 1.32 bits per heavy atom. The molecule has 1 aliphatic carbocycles. The van der Waals surface area contributed by atoms with Gasteiger partial charge in [0.2, 0.25) is 5.69 Å². The Labute approximate surface area is 189 Å². The largest absolute Gasteiger partial charge is 0.212 e. The zero-order valence-corrected chi connectivity index (χ0v) is 20.9. The molecule has 0 amide bonds. The van der Waals surface area contributed by atoms with Gasteiger partial charge in [-0.3, -0.25) is 0 Å². The predicted octanol–water partition coefficient (Wildman–Crippen LogP) is 7.04. The molecule has 0 N–H and O–H groups in total. The number of nitrogens with zero attached hydrogens (tertiary/aromatic N) is 1. The van der Waals surface area contributed by atoms with Crippen molar-refractivity contribution in [2.45, 2.75) is 72.6 Å². The molecule has 1 heteroatoms. The van der Waals surface area contributed by atoms with Gasteiger partial charge in [-0.25, -0.2) is 4.57 Å². The average Bonchev–Trinajstić information content (AvgIpc) is 2.67. The Balaban J connectivity index is 1.94. The van der Waals surface area contributed by atoms with Crippen LogP contribution in [0.4, 0.5) is 0 Å². The van der Waals surface area contributed by atoms with Crippen molar-refractivity contribution < 1.29 is 4.57 Å². The van der Waals surface area contributed by atoms with Gasteiger partial charge in [-0.05, 0) is 58.2 Å². The molecule has 4 rings (SSSR count). The summed E-state index contributed by atoms with van der Waals surface area (Å²) in [6.45, 7) is 18.7. The summed E-state index contributed by atoms with van der Waals surface area (Å²) in [6.07, 6.45) is 3.30. The third kappa shape index (κ3) is 3.63. The van der Waals surface area contributed by atoms with E-state index in [1.54, 1.807) is 0 Å². The second-order valence-corrected chi connectivity index (χ2v) is 11.8. The molecule has 1 heterocycles. The molecule has 31 heavy (non-hydrogen) atoms. The van der Waals surface area contributed by atoms with Crippen LogP contribution in [0.2, 0.25) is 0 Å². The third-order valence-corrected chi connectivity index (χ3v) is 7.21. The molecule has 1 aliphatic rings. The van der Waals surface area contributed by atoms with Gasteiger partial charge in [-0.2, -0.15) is 0 Å². The molecule has 0 bridgehead atoms. The maximum absolute atomic E-state index is 2.48. The smallest absolute Gasteiger partial charge is 0.201 e. The van der Waals surface area contributed by atoms with Gasteiger partial charge in [0.1, 0.15) is 7.05 Å². The molecular weight excluding hydrogens is 374 g/mol. The van der Waals surface area contributed by atoms with Crippen molar-refractivity contribution in [2.24, 2.45) is 12.5 Å². The monoisotopic (exact) mass is 412 g/mol. The Morgan fingerprint density at radius 3 is 1.87 bits per heavy atom. The predicted molar refractivity (Wildman–Crippen MR) is 132 cm³/mol. The number of rotatable bonds is 2. The van der Waals surface area contributed by atoms with Gasteiger partial charge >= 0.3 is 0 Å². The first-order chi connectivity index (χ1) is 14.3. The van der Waals surface area contributed by atoms with E-state index in [-0.39, 0.29) is 16.2 Å². The number of hydrogen-bond acceptors (Lipinski definition) is 0. The Hall–Kier alpha value is -2.41. The molecule has 2 aromatic carbocycles. The summed E-state index contributed by atoms with van der Waals surface area (Å²) in [5.74, 6) is 0. The van der Waals surface area contributed by atoms with Gasteiger partial charge in [-0.15, -0.1) is 0 Å². The Morgan fingerprint density at radius 1 is 0.774 bits per heavy atom. The average molecular weight is 413 g/mol. The van der Waals surface area contributed by atoms with Crippen molar-refractivity contribution in [3.05, 3.63) is 88.1 Å². The minimum Gasteiger partial charge on any atom is -0.201 e. The van der Waals surface area contributed by atoms with Gasteiger partial charge in [0, 0.05) is 28.5 Å². The van der Waals surface area contributed by atoms with Crippen LogP contribution in [-0.2, 0) is 24.3 Å². The summed E-state index contributed by atoms with van der Waals surface area (Å²) in [4.78, 5) is 0. The van der Waals surface area contributed by atoms with E-state index in [9.17, 15) is 0 Å². The van der Waals surface area contributed by atoms with Gasteiger partial charge in [0.15, 0.2) is 6.20 Å². The van der Waals surface area contributed by atoms with Crippen LogP contribution in [0.1, 0.15) is 81.8 Å². The molecule has 3 aromatic rings. The number of aryl methyl sites for hydroxylation is 2. The molecule has 0 aliphatic heterocycles. The summed E-state index contributed by atoms with van der Waals surface area (Å²) >= 11 is 0. The molecule has 0 fully saturated rings. The summed E-state index contributed by atoms with van der Waals surface area (Å²) in [6, 6.07) is 18.6. The van der Waals surface area contributed by atoms with E-state index >= 15 is 0 Å². The van der Waals surface area contributed by atoms with E-state index in [1.165, 1.54) is 44.6 Å². The first-order valence-electron chi connectivity index (χ1n) is 11.6. The van der Waals surface area contributed by atoms with E-state index < -0.39 is 0 Å². The van der Waals surface area contributed by atoms with Gasteiger partial charge in [-0.1, -0.05) is 78.8 Å². The van der Waals surface area contributed by atoms with Crippen molar-refractivity contribution in [3.8, 4) is 11.3 Å². The first kappa shape index (κ1) is 21.8. The summed E-state index contributed by atoms with van der Waals surface area (Å²) in [5.41, 5.74) is 11.5. The van der Waals surface area contributed by atoms with Crippen LogP contribution in [0.25, 0.3) is 11.3 Å².